The molecule has 1 amide bonds. The molecule has 172 valence electrons. The number of fused-ring (bicyclic) bond motifs is 1. The van der Waals surface area contributed by atoms with E-state index < -0.39 is 0 Å². The SMILES string of the molecule is Cc1ccnc(N2CCC3CC(NC(=O)C(CC4CCCCC4)C(C)C)CCC3C2)n1. The minimum atomic E-state index is 0.182. The van der Waals surface area contributed by atoms with Crippen molar-refractivity contribution in [2.45, 2.75) is 91.0 Å². The van der Waals surface area contributed by atoms with E-state index in [0.29, 0.717) is 23.8 Å². The van der Waals surface area contributed by atoms with Gasteiger partial charge in [0.25, 0.3) is 0 Å². The summed E-state index contributed by atoms with van der Waals surface area (Å²) in [6.07, 6.45) is 14.3. The smallest absolute Gasteiger partial charge is 0.225 e. The molecule has 1 aliphatic heterocycles. The summed E-state index contributed by atoms with van der Waals surface area (Å²) in [4.78, 5) is 24.7. The summed E-state index contributed by atoms with van der Waals surface area (Å²) in [5.41, 5.74) is 1.03. The van der Waals surface area contributed by atoms with Crippen LogP contribution in [0.25, 0.3) is 0 Å². The number of carbonyl (C=O) groups excluding carboxylic acids is 1. The fraction of sp³-hybridized carbons (Fsp3) is 0.808. The van der Waals surface area contributed by atoms with Crippen molar-refractivity contribution in [1.29, 1.82) is 0 Å². The Morgan fingerprint density at radius 1 is 1.13 bits per heavy atom. The van der Waals surface area contributed by atoms with Gasteiger partial charge in [-0.25, -0.2) is 9.97 Å². The molecular formula is C26H42N4O. The highest BCUT2D eigenvalue weighted by Crippen LogP contribution is 2.38. The van der Waals surface area contributed by atoms with Crippen LogP contribution in [0.3, 0.4) is 0 Å². The summed E-state index contributed by atoms with van der Waals surface area (Å²) in [6.45, 7) is 8.58. The topological polar surface area (TPSA) is 58.1 Å². The normalized spacial score (nSPS) is 28.3. The first-order valence-corrected chi connectivity index (χ1v) is 12.8. The largest absolute Gasteiger partial charge is 0.353 e. The molecule has 0 radical (unpaired) electrons. The summed E-state index contributed by atoms with van der Waals surface area (Å²) in [5.74, 6) is 4.00. The summed E-state index contributed by atoms with van der Waals surface area (Å²) >= 11 is 0. The van der Waals surface area contributed by atoms with Gasteiger partial charge in [0.15, 0.2) is 0 Å². The van der Waals surface area contributed by atoms with E-state index in [-0.39, 0.29) is 5.92 Å². The molecule has 0 spiro atoms. The third-order valence-electron chi connectivity index (χ3n) is 8.23. The molecule has 0 bridgehead atoms. The molecule has 5 nitrogen and oxygen atoms in total. The van der Waals surface area contributed by atoms with Gasteiger partial charge in [0.1, 0.15) is 0 Å². The van der Waals surface area contributed by atoms with Crippen LogP contribution in [0.5, 0.6) is 0 Å². The molecule has 2 aliphatic carbocycles. The van der Waals surface area contributed by atoms with Gasteiger partial charge in [-0.1, -0.05) is 46.0 Å². The summed E-state index contributed by atoms with van der Waals surface area (Å²) < 4.78 is 0. The lowest BCUT2D eigenvalue weighted by molar-refractivity contribution is -0.128. The van der Waals surface area contributed by atoms with Crippen molar-refractivity contribution in [3.63, 3.8) is 0 Å². The molecule has 4 rings (SSSR count). The molecule has 4 atom stereocenters. The highest BCUT2D eigenvalue weighted by molar-refractivity contribution is 5.79. The van der Waals surface area contributed by atoms with Crippen LogP contribution in [-0.4, -0.2) is 35.0 Å². The molecule has 0 aromatic carbocycles. The van der Waals surface area contributed by atoms with E-state index in [9.17, 15) is 4.79 Å². The number of nitrogens with zero attached hydrogens (tertiary/aromatic N) is 3. The van der Waals surface area contributed by atoms with Crippen LogP contribution in [0.2, 0.25) is 0 Å². The van der Waals surface area contributed by atoms with E-state index in [4.69, 9.17) is 0 Å². The standard InChI is InChI=1S/C26H42N4O/c1-18(2)24(15-20-7-5-4-6-8-20)25(31)29-23-10-9-22-17-30(14-12-21(22)16-23)26-27-13-11-19(3)28-26/h11,13,18,20-24H,4-10,12,14-17H2,1-3H3,(H,29,31). The van der Waals surface area contributed by atoms with E-state index in [1.165, 1.54) is 44.9 Å². The summed E-state index contributed by atoms with van der Waals surface area (Å²) in [5, 5.41) is 3.50. The van der Waals surface area contributed by atoms with Crippen LogP contribution < -0.4 is 10.2 Å². The Morgan fingerprint density at radius 3 is 2.68 bits per heavy atom. The maximum absolute atomic E-state index is 13.2. The Bertz CT molecular complexity index is 730. The average molecular weight is 427 g/mol. The molecule has 2 saturated carbocycles. The molecule has 3 aliphatic rings. The molecule has 4 unspecified atom stereocenters. The maximum atomic E-state index is 13.2. The molecule has 1 aromatic heterocycles. The number of carbonyl (C=O) groups is 1. The van der Waals surface area contributed by atoms with E-state index >= 15 is 0 Å². The van der Waals surface area contributed by atoms with Crippen LogP contribution in [0.15, 0.2) is 12.3 Å². The number of nitrogens with one attached hydrogen (secondary N) is 1. The second-order valence-electron chi connectivity index (χ2n) is 10.9. The number of anilines is 1. The van der Waals surface area contributed by atoms with Gasteiger partial charge in [-0.15, -0.1) is 0 Å². The van der Waals surface area contributed by atoms with Crippen LogP contribution >= 0.6 is 0 Å². The van der Waals surface area contributed by atoms with Gasteiger partial charge in [-0.05, 0) is 68.8 Å². The quantitative estimate of drug-likeness (QED) is 0.684. The average Bonchev–Trinajstić information content (AvgIpc) is 2.77. The number of hydrogen-bond donors (Lipinski definition) is 1. The van der Waals surface area contributed by atoms with E-state index in [1.807, 2.05) is 19.2 Å². The number of hydrogen-bond acceptors (Lipinski definition) is 4. The highest BCUT2D eigenvalue weighted by atomic mass is 16.2. The summed E-state index contributed by atoms with van der Waals surface area (Å²) in [7, 11) is 0. The number of amides is 1. The van der Waals surface area contributed by atoms with Crippen molar-refractivity contribution in [3.05, 3.63) is 18.0 Å². The van der Waals surface area contributed by atoms with Gasteiger partial charge in [0, 0.05) is 36.9 Å². The van der Waals surface area contributed by atoms with E-state index in [0.717, 1.165) is 55.8 Å². The van der Waals surface area contributed by atoms with Gasteiger partial charge in [-0.3, -0.25) is 4.79 Å². The fourth-order valence-electron chi connectivity index (χ4n) is 6.29. The molecule has 2 heterocycles. The predicted molar refractivity (Wildman–Crippen MR) is 126 cm³/mol. The lowest BCUT2D eigenvalue weighted by atomic mass is 9.73. The van der Waals surface area contributed by atoms with Crippen molar-refractivity contribution >= 4 is 11.9 Å². The predicted octanol–water partition coefficient (Wildman–Crippen LogP) is 5.14. The van der Waals surface area contributed by atoms with Crippen molar-refractivity contribution in [1.82, 2.24) is 15.3 Å². The van der Waals surface area contributed by atoms with Crippen molar-refractivity contribution in [2.75, 3.05) is 18.0 Å². The molecule has 31 heavy (non-hydrogen) atoms. The zero-order valence-corrected chi connectivity index (χ0v) is 19.9. The van der Waals surface area contributed by atoms with Crippen LogP contribution in [0.4, 0.5) is 5.95 Å². The first-order chi connectivity index (χ1) is 15.0. The van der Waals surface area contributed by atoms with E-state index in [2.05, 4.69) is 34.0 Å². The molecule has 5 heteroatoms. The number of piperidine rings is 1. The van der Waals surface area contributed by atoms with E-state index in [1.54, 1.807) is 0 Å². The lowest BCUT2D eigenvalue weighted by Gasteiger charge is -2.44. The first-order valence-electron chi connectivity index (χ1n) is 12.8. The molecular weight excluding hydrogens is 384 g/mol. The fourth-order valence-corrected chi connectivity index (χ4v) is 6.29. The highest BCUT2D eigenvalue weighted by Gasteiger charge is 2.37. The van der Waals surface area contributed by atoms with Gasteiger partial charge in [0.05, 0.1) is 0 Å². The van der Waals surface area contributed by atoms with Gasteiger partial charge in [0.2, 0.25) is 11.9 Å². The second-order valence-corrected chi connectivity index (χ2v) is 10.9. The number of rotatable bonds is 6. The van der Waals surface area contributed by atoms with Crippen LogP contribution in [0, 0.1) is 36.5 Å². The number of aryl methyl sites for hydroxylation is 1. The minimum Gasteiger partial charge on any atom is -0.353 e. The maximum Gasteiger partial charge on any atom is 0.225 e. The van der Waals surface area contributed by atoms with Gasteiger partial charge in [-0.2, -0.15) is 0 Å². The zero-order chi connectivity index (χ0) is 21.8. The summed E-state index contributed by atoms with van der Waals surface area (Å²) in [6, 6.07) is 2.33. The van der Waals surface area contributed by atoms with Gasteiger partial charge < -0.3 is 10.2 Å². The molecule has 1 aromatic rings. The Balaban J connectivity index is 1.29. The Labute approximate surface area is 188 Å². The molecule has 3 fully saturated rings. The Kier molecular flexibility index (Phi) is 7.50. The van der Waals surface area contributed by atoms with Crippen molar-refractivity contribution in [2.24, 2.45) is 29.6 Å². The Hall–Kier alpha value is -1.65. The Morgan fingerprint density at radius 2 is 1.94 bits per heavy atom. The van der Waals surface area contributed by atoms with Crippen molar-refractivity contribution < 1.29 is 4.79 Å². The van der Waals surface area contributed by atoms with Gasteiger partial charge >= 0.3 is 0 Å². The zero-order valence-electron chi connectivity index (χ0n) is 19.9. The van der Waals surface area contributed by atoms with Crippen molar-refractivity contribution in [3.8, 4) is 0 Å². The van der Waals surface area contributed by atoms with Crippen LogP contribution in [0.1, 0.15) is 83.7 Å². The third-order valence-corrected chi connectivity index (χ3v) is 8.23. The number of aromatic nitrogens is 2. The third kappa shape index (κ3) is 5.78. The molecule has 1 N–H and O–H groups in total. The second kappa shape index (κ2) is 10.3. The van der Waals surface area contributed by atoms with Crippen LogP contribution in [-0.2, 0) is 4.79 Å². The monoisotopic (exact) mass is 426 g/mol. The molecule has 1 saturated heterocycles. The minimum absolute atomic E-state index is 0.182. The lowest BCUT2D eigenvalue weighted by Crippen LogP contribution is -2.49. The first kappa shape index (κ1) is 22.5.